The topological polar surface area (TPSA) is 39.7 Å². The molecule has 0 aromatic heterocycles. The lowest BCUT2D eigenvalue weighted by Crippen LogP contribution is -1.95. The number of hydrogen-bond donors (Lipinski definition) is 1. The van der Waals surface area contributed by atoms with Crippen molar-refractivity contribution in [1.82, 2.24) is 5.32 Å². The minimum Gasteiger partial charge on any atom is -0.495 e. The lowest BCUT2D eigenvalue weighted by Gasteiger charge is -2.09. The molecule has 1 aromatic rings. The minimum atomic E-state index is 0.284. The van der Waals surface area contributed by atoms with Crippen LogP contribution in [0.3, 0.4) is 0 Å². The Morgan fingerprint density at radius 3 is 2.88 bits per heavy atom. The van der Waals surface area contributed by atoms with E-state index in [-0.39, 0.29) is 6.79 Å². The molecule has 0 unspecified atom stereocenters. The molecule has 2 aliphatic heterocycles. The summed E-state index contributed by atoms with van der Waals surface area (Å²) in [7, 11) is 1.65. The van der Waals surface area contributed by atoms with E-state index in [0.29, 0.717) is 0 Å². The Morgan fingerprint density at radius 2 is 2.06 bits per heavy atom. The van der Waals surface area contributed by atoms with Crippen molar-refractivity contribution < 1.29 is 14.2 Å². The molecule has 1 aromatic carbocycles. The highest BCUT2D eigenvalue weighted by molar-refractivity contribution is 5.75. The van der Waals surface area contributed by atoms with Crippen LogP contribution in [0.5, 0.6) is 11.5 Å². The predicted octanol–water partition coefficient (Wildman–Crippen LogP) is 1.93. The number of rotatable bonds is 1. The first-order valence-electron chi connectivity index (χ1n) is 4.99. The van der Waals surface area contributed by atoms with Gasteiger partial charge >= 0.3 is 0 Å². The molecule has 4 heteroatoms. The maximum absolute atomic E-state index is 5.35. The summed E-state index contributed by atoms with van der Waals surface area (Å²) in [5, 5.41) is 3.02. The summed E-state index contributed by atoms with van der Waals surface area (Å²) < 4.78 is 16.0. The average molecular weight is 217 g/mol. The van der Waals surface area contributed by atoms with Crippen molar-refractivity contribution in [3.63, 3.8) is 0 Å². The highest BCUT2D eigenvalue weighted by Gasteiger charge is 2.19. The van der Waals surface area contributed by atoms with Gasteiger partial charge in [-0.25, -0.2) is 0 Å². The van der Waals surface area contributed by atoms with Gasteiger partial charge < -0.3 is 19.5 Å². The number of nitrogens with one attached hydrogen (secondary N) is 1. The van der Waals surface area contributed by atoms with Crippen LogP contribution in [0.15, 0.2) is 24.5 Å². The smallest absolute Gasteiger partial charge is 0.231 e. The minimum absolute atomic E-state index is 0.284. The molecule has 0 saturated heterocycles. The molecular formula is C12H11NO3. The molecule has 4 nitrogen and oxygen atoms in total. The summed E-state index contributed by atoms with van der Waals surface area (Å²) in [5.41, 5.74) is 2.04. The van der Waals surface area contributed by atoms with Crippen molar-refractivity contribution >= 4 is 11.8 Å². The van der Waals surface area contributed by atoms with Gasteiger partial charge in [0.05, 0.1) is 7.11 Å². The fourth-order valence-electron chi connectivity index (χ4n) is 1.82. The van der Waals surface area contributed by atoms with E-state index in [1.165, 1.54) is 0 Å². The van der Waals surface area contributed by atoms with Crippen LogP contribution in [-0.4, -0.2) is 13.9 Å². The second-order valence-electron chi connectivity index (χ2n) is 3.51. The summed E-state index contributed by atoms with van der Waals surface area (Å²) in [6, 6.07) is 3.89. The zero-order chi connectivity index (χ0) is 11.0. The van der Waals surface area contributed by atoms with E-state index in [2.05, 4.69) is 5.32 Å². The highest BCUT2D eigenvalue weighted by atomic mass is 16.7. The molecule has 0 bridgehead atoms. The first kappa shape index (κ1) is 9.15. The Bertz CT molecular complexity index is 491. The van der Waals surface area contributed by atoms with E-state index in [4.69, 9.17) is 14.2 Å². The summed E-state index contributed by atoms with van der Waals surface area (Å²) in [5.74, 6) is 2.32. The summed E-state index contributed by atoms with van der Waals surface area (Å²) in [6.45, 7) is 0.284. The van der Waals surface area contributed by atoms with Gasteiger partial charge in [0.1, 0.15) is 5.76 Å². The molecule has 0 amide bonds. The summed E-state index contributed by atoms with van der Waals surface area (Å²) in [4.78, 5) is 0. The zero-order valence-corrected chi connectivity index (χ0v) is 8.82. The second-order valence-corrected chi connectivity index (χ2v) is 3.51. The van der Waals surface area contributed by atoms with Crippen molar-refractivity contribution in [2.75, 3.05) is 13.9 Å². The molecule has 2 aliphatic rings. The average Bonchev–Trinajstić information content (AvgIpc) is 2.66. The van der Waals surface area contributed by atoms with Crippen LogP contribution in [0.25, 0.3) is 11.8 Å². The number of hydrogen-bond acceptors (Lipinski definition) is 4. The van der Waals surface area contributed by atoms with Gasteiger partial charge in [0.2, 0.25) is 6.79 Å². The fraction of sp³-hybridized carbons (Fsp3) is 0.167. The molecule has 0 atom stereocenters. The Labute approximate surface area is 93.1 Å². The normalized spacial score (nSPS) is 15.9. The zero-order valence-electron chi connectivity index (χ0n) is 8.82. The van der Waals surface area contributed by atoms with E-state index in [1.54, 1.807) is 7.11 Å². The number of fused-ring (bicyclic) bond motifs is 2. The van der Waals surface area contributed by atoms with Crippen molar-refractivity contribution in [3.05, 3.63) is 35.7 Å². The van der Waals surface area contributed by atoms with Gasteiger partial charge in [-0.05, 0) is 23.8 Å². The van der Waals surface area contributed by atoms with Gasteiger partial charge in [0.15, 0.2) is 11.5 Å². The number of ether oxygens (including phenoxy) is 3. The molecule has 2 heterocycles. The van der Waals surface area contributed by atoms with Gasteiger partial charge in [0.25, 0.3) is 0 Å². The van der Waals surface area contributed by atoms with E-state index < -0.39 is 0 Å². The Hall–Kier alpha value is -2.10. The van der Waals surface area contributed by atoms with Crippen LogP contribution in [0.2, 0.25) is 0 Å². The van der Waals surface area contributed by atoms with E-state index in [0.717, 1.165) is 28.4 Å². The lowest BCUT2D eigenvalue weighted by atomic mass is 10.1. The maximum atomic E-state index is 5.35. The lowest BCUT2D eigenvalue weighted by molar-refractivity contribution is 0.174. The van der Waals surface area contributed by atoms with Gasteiger partial charge in [-0.1, -0.05) is 0 Å². The Balaban J connectivity index is 2.18. The molecule has 0 radical (unpaired) electrons. The van der Waals surface area contributed by atoms with Crippen LogP contribution in [0.1, 0.15) is 11.1 Å². The van der Waals surface area contributed by atoms with Gasteiger partial charge in [-0.2, -0.15) is 0 Å². The van der Waals surface area contributed by atoms with Crippen molar-refractivity contribution in [3.8, 4) is 11.5 Å². The van der Waals surface area contributed by atoms with Crippen molar-refractivity contribution in [2.45, 2.75) is 0 Å². The quantitative estimate of drug-likeness (QED) is 0.780. The third kappa shape index (κ3) is 1.31. The molecular weight excluding hydrogens is 206 g/mol. The standard InChI is InChI=1S/C12H11NO3/c1-14-12-6-13-3-2-8-4-10-11(5-9(8)12)16-7-15-10/h2-6,13H,7H2,1H3. The Kier molecular flexibility index (Phi) is 1.99. The van der Waals surface area contributed by atoms with E-state index >= 15 is 0 Å². The van der Waals surface area contributed by atoms with Crippen LogP contribution in [-0.2, 0) is 4.74 Å². The summed E-state index contributed by atoms with van der Waals surface area (Å²) >= 11 is 0. The molecule has 0 aliphatic carbocycles. The van der Waals surface area contributed by atoms with E-state index in [1.807, 2.05) is 30.6 Å². The predicted molar refractivity (Wildman–Crippen MR) is 59.7 cm³/mol. The largest absolute Gasteiger partial charge is 0.495 e. The van der Waals surface area contributed by atoms with Gasteiger partial charge in [0, 0.05) is 18.0 Å². The molecule has 82 valence electrons. The van der Waals surface area contributed by atoms with Gasteiger partial charge in [-0.15, -0.1) is 0 Å². The number of methoxy groups -OCH3 is 1. The molecule has 16 heavy (non-hydrogen) atoms. The van der Waals surface area contributed by atoms with Crippen LogP contribution >= 0.6 is 0 Å². The van der Waals surface area contributed by atoms with Crippen molar-refractivity contribution in [2.24, 2.45) is 0 Å². The SMILES string of the molecule is COC1=CNC=Cc2cc3c(cc21)OCO3. The molecule has 0 saturated carbocycles. The fourth-order valence-corrected chi connectivity index (χ4v) is 1.82. The monoisotopic (exact) mass is 217 g/mol. The number of benzene rings is 1. The van der Waals surface area contributed by atoms with Crippen LogP contribution < -0.4 is 14.8 Å². The maximum Gasteiger partial charge on any atom is 0.231 e. The molecule has 0 spiro atoms. The highest BCUT2D eigenvalue weighted by Crippen LogP contribution is 2.38. The Morgan fingerprint density at radius 1 is 1.25 bits per heavy atom. The van der Waals surface area contributed by atoms with E-state index in [9.17, 15) is 0 Å². The third-order valence-corrected chi connectivity index (χ3v) is 2.60. The van der Waals surface area contributed by atoms with Crippen molar-refractivity contribution in [1.29, 1.82) is 0 Å². The second kappa shape index (κ2) is 3.48. The van der Waals surface area contributed by atoms with Gasteiger partial charge in [-0.3, -0.25) is 0 Å². The van der Waals surface area contributed by atoms with Crippen LogP contribution in [0.4, 0.5) is 0 Å². The molecule has 3 rings (SSSR count). The van der Waals surface area contributed by atoms with Crippen LogP contribution in [0, 0.1) is 0 Å². The first-order chi connectivity index (χ1) is 7.88. The molecule has 1 N–H and O–H groups in total. The summed E-state index contributed by atoms with van der Waals surface area (Å²) in [6.07, 6.45) is 5.64. The third-order valence-electron chi connectivity index (χ3n) is 2.60. The first-order valence-corrected chi connectivity index (χ1v) is 4.99. The molecule has 0 fully saturated rings.